The van der Waals surface area contributed by atoms with Crippen molar-refractivity contribution in [3.63, 3.8) is 0 Å². The molecule has 0 aliphatic rings. The average Bonchev–Trinajstić information content (AvgIpc) is 3.93. The first-order valence-corrected chi connectivity index (χ1v) is 16.6. The van der Waals surface area contributed by atoms with E-state index in [0.717, 1.165) is 21.7 Å². The highest BCUT2D eigenvalue weighted by molar-refractivity contribution is 6.31. The summed E-state index contributed by atoms with van der Waals surface area (Å²) in [5.41, 5.74) is 5.88. The lowest BCUT2D eigenvalue weighted by Crippen LogP contribution is -2.37. The summed E-state index contributed by atoms with van der Waals surface area (Å²) in [6.45, 7) is 0. The van der Waals surface area contributed by atoms with E-state index in [1.165, 1.54) is 16.7 Å². The third-order valence-electron chi connectivity index (χ3n) is 9.00. The first-order chi connectivity index (χ1) is 24.3. The molecule has 0 spiro atoms. The molecule has 8 aromatic rings. The molecule has 0 unspecified atom stereocenters. The zero-order chi connectivity index (χ0) is 33.4. The molecule has 0 N–H and O–H groups in total. The van der Waals surface area contributed by atoms with E-state index in [1.54, 1.807) is 6.20 Å². The lowest BCUT2D eigenvalue weighted by Gasteiger charge is -2.37. The summed E-state index contributed by atoms with van der Waals surface area (Å²) in [7, 11) is 0. The maximum absolute atomic E-state index is 6.69. The van der Waals surface area contributed by atoms with Crippen molar-refractivity contribution in [3.8, 4) is 0 Å². The molecule has 8 rings (SSSR count). The molecule has 0 saturated carbocycles. The second-order valence-electron chi connectivity index (χ2n) is 11.7. The summed E-state index contributed by atoms with van der Waals surface area (Å²) < 4.78 is 4.31. The Morgan fingerprint density at radius 1 is 0.367 bits per heavy atom. The van der Waals surface area contributed by atoms with Crippen molar-refractivity contribution < 1.29 is 0 Å². The molecule has 0 bridgehead atoms. The van der Waals surface area contributed by atoms with Crippen LogP contribution in [0.1, 0.15) is 33.4 Å². The van der Waals surface area contributed by atoms with E-state index in [4.69, 9.17) is 11.6 Å². The molecule has 0 radical (unpaired) electrons. The molecule has 49 heavy (non-hydrogen) atoms. The van der Waals surface area contributed by atoms with Crippen LogP contribution in [0.4, 0.5) is 0 Å². The highest BCUT2D eigenvalue weighted by Gasteiger charge is 2.40. The molecule has 0 aliphatic heterocycles. The minimum absolute atomic E-state index is 0.444. The minimum Gasteiger partial charge on any atom is -0.319 e. The van der Waals surface area contributed by atoms with Crippen LogP contribution in [0.15, 0.2) is 213 Å². The number of imidazole rings is 2. The number of halogens is 1. The molecular weight excluding hydrogens is 620 g/mol. The van der Waals surface area contributed by atoms with E-state index in [1.807, 2.05) is 61.6 Å². The van der Waals surface area contributed by atoms with Crippen molar-refractivity contribution in [2.75, 3.05) is 0 Å². The van der Waals surface area contributed by atoms with Gasteiger partial charge in [-0.05, 0) is 33.9 Å². The quantitative estimate of drug-likeness (QED) is 0.153. The maximum Gasteiger partial charge on any atom is 0.123 e. The SMILES string of the molecule is Clc1ccccc1C(c1ccccc1)(c1ccccc1)n1ccnc1.c1ccc(C(c2ccccc2)(c2ccccc2)n2ccnc2)cc1. The van der Waals surface area contributed by atoms with Gasteiger partial charge in [0.2, 0.25) is 0 Å². The Kier molecular flexibility index (Phi) is 9.31. The molecule has 5 heteroatoms. The van der Waals surface area contributed by atoms with E-state index < -0.39 is 11.1 Å². The van der Waals surface area contributed by atoms with Gasteiger partial charge in [-0.25, -0.2) is 9.97 Å². The Morgan fingerprint density at radius 3 is 1.00 bits per heavy atom. The third kappa shape index (κ3) is 5.88. The number of nitrogens with zero attached hydrogens (tertiary/aromatic N) is 4. The number of rotatable bonds is 8. The van der Waals surface area contributed by atoms with E-state index >= 15 is 0 Å². The van der Waals surface area contributed by atoms with Crippen LogP contribution in [-0.4, -0.2) is 19.1 Å². The van der Waals surface area contributed by atoms with Crippen LogP contribution < -0.4 is 0 Å². The Morgan fingerprint density at radius 2 is 0.673 bits per heavy atom. The van der Waals surface area contributed by atoms with Gasteiger partial charge < -0.3 is 9.13 Å². The second-order valence-corrected chi connectivity index (χ2v) is 12.1. The van der Waals surface area contributed by atoms with Crippen molar-refractivity contribution in [2.24, 2.45) is 0 Å². The summed E-state index contributed by atoms with van der Waals surface area (Å²) in [6.07, 6.45) is 11.4. The fraction of sp³-hybridized carbons (Fsp3) is 0.0455. The van der Waals surface area contributed by atoms with Crippen LogP contribution >= 0.6 is 11.6 Å². The van der Waals surface area contributed by atoms with Gasteiger partial charge in [-0.1, -0.05) is 181 Å². The number of benzene rings is 6. The van der Waals surface area contributed by atoms with Crippen LogP contribution in [0.25, 0.3) is 0 Å². The standard InChI is InChI=1S/C22H17ClN2.C22H18N2/c23-21-14-8-7-13-20(21)22(25-16-15-24-17-25,18-9-3-1-4-10-18)19-11-5-2-6-12-19;1-4-10-19(11-5-1)22(24-17-16-23-18-24,20-12-6-2-7-13-20)21-14-8-3-9-15-21/h1-17H;1-18H. The van der Waals surface area contributed by atoms with Gasteiger partial charge in [-0.3, -0.25) is 0 Å². The second kappa shape index (κ2) is 14.4. The van der Waals surface area contributed by atoms with Crippen molar-refractivity contribution in [1.82, 2.24) is 19.1 Å². The van der Waals surface area contributed by atoms with Gasteiger partial charge in [0.15, 0.2) is 0 Å². The Labute approximate surface area is 292 Å². The molecule has 238 valence electrons. The fourth-order valence-electron chi connectivity index (χ4n) is 6.93. The summed E-state index contributed by atoms with van der Waals surface area (Å²) >= 11 is 6.69. The van der Waals surface area contributed by atoms with Crippen LogP contribution in [0, 0.1) is 0 Å². The van der Waals surface area contributed by atoms with Crippen LogP contribution in [0.3, 0.4) is 0 Å². The topological polar surface area (TPSA) is 35.6 Å². The van der Waals surface area contributed by atoms with Crippen molar-refractivity contribution in [1.29, 1.82) is 0 Å². The number of hydrogen-bond donors (Lipinski definition) is 0. The van der Waals surface area contributed by atoms with Crippen molar-refractivity contribution >= 4 is 11.6 Å². The zero-order valence-electron chi connectivity index (χ0n) is 26.9. The van der Waals surface area contributed by atoms with Crippen LogP contribution in [0.5, 0.6) is 0 Å². The monoisotopic (exact) mass is 654 g/mol. The average molecular weight is 655 g/mol. The van der Waals surface area contributed by atoms with E-state index in [2.05, 4.69) is 165 Å². The molecule has 6 aromatic carbocycles. The first kappa shape index (κ1) is 31.6. The van der Waals surface area contributed by atoms with Crippen LogP contribution in [0.2, 0.25) is 5.02 Å². The summed E-state index contributed by atoms with van der Waals surface area (Å²) in [5, 5.41) is 0.726. The molecule has 4 nitrogen and oxygen atoms in total. The van der Waals surface area contributed by atoms with Gasteiger partial charge >= 0.3 is 0 Å². The first-order valence-electron chi connectivity index (χ1n) is 16.2. The number of aromatic nitrogens is 4. The largest absolute Gasteiger partial charge is 0.319 e. The third-order valence-corrected chi connectivity index (χ3v) is 9.33. The van der Waals surface area contributed by atoms with Gasteiger partial charge in [0.05, 0.1) is 12.7 Å². The lowest BCUT2D eigenvalue weighted by molar-refractivity contribution is 0.514. The normalized spacial score (nSPS) is 11.4. The zero-order valence-corrected chi connectivity index (χ0v) is 27.6. The Bertz CT molecular complexity index is 2010. The molecular formula is C44H35ClN4. The van der Waals surface area contributed by atoms with Crippen molar-refractivity contribution in [2.45, 2.75) is 11.1 Å². The van der Waals surface area contributed by atoms with Crippen molar-refractivity contribution in [3.05, 3.63) is 252 Å². The summed E-state index contributed by atoms with van der Waals surface area (Å²) in [6, 6.07) is 60.6. The highest BCUT2D eigenvalue weighted by Crippen LogP contribution is 2.43. The predicted molar refractivity (Wildman–Crippen MR) is 199 cm³/mol. The van der Waals surface area contributed by atoms with Gasteiger partial charge in [-0.2, -0.15) is 0 Å². The molecule has 0 fully saturated rings. The molecule has 0 saturated heterocycles. The Balaban J connectivity index is 0.000000154. The van der Waals surface area contributed by atoms with E-state index in [9.17, 15) is 0 Å². The maximum atomic E-state index is 6.69. The Hall–Kier alpha value is -5.97. The van der Waals surface area contributed by atoms with Gasteiger partial charge in [0.25, 0.3) is 0 Å². The molecule has 2 aromatic heterocycles. The highest BCUT2D eigenvalue weighted by atomic mass is 35.5. The van der Waals surface area contributed by atoms with Gasteiger partial charge in [0, 0.05) is 35.4 Å². The summed E-state index contributed by atoms with van der Waals surface area (Å²) in [5.74, 6) is 0. The molecule has 0 aliphatic carbocycles. The van der Waals surface area contributed by atoms with Gasteiger partial charge in [-0.15, -0.1) is 0 Å². The smallest absolute Gasteiger partial charge is 0.123 e. The van der Waals surface area contributed by atoms with E-state index in [0.29, 0.717) is 0 Å². The molecule has 2 heterocycles. The minimum atomic E-state index is -0.586. The lowest BCUT2D eigenvalue weighted by atomic mass is 9.76. The molecule has 0 atom stereocenters. The number of hydrogen-bond acceptors (Lipinski definition) is 2. The van der Waals surface area contributed by atoms with Gasteiger partial charge in [0.1, 0.15) is 11.1 Å². The summed E-state index contributed by atoms with van der Waals surface area (Å²) in [4.78, 5) is 8.64. The molecule has 0 amide bonds. The van der Waals surface area contributed by atoms with E-state index in [-0.39, 0.29) is 0 Å². The predicted octanol–water partition coefficient (Wildman–Crippen LogP) is 10.1. The fourth-order valence-corrected chi connectivity index (χ4v) is 7.20. The van der Waals surface area contributed by atoms with Crippen LogP contribution in [-0.2, 0) is 11.1 Å².